The van der Waals surface area contributed by atoms with Gasteiger partial charge >= 0.3 is 0 Å². The Morgan fingerprint density at radius 1 is 0.800 bits per heavy atom. The molecule has 0 amide bonds. The molecule has 2 fully saturated rings. The highest BCUT2D eigenvalue weighted by atomic mass is 15.7. The number of hydrogen-bond donors (Lipinski definition) is 1. The van der Waals surface area contributed by atoms with Gasteiger partial charge in [0.2, 0.25) is 0 Å². The highest BCUT2D eigenvalue weighted by molar-refractivity contribution is 4.92. The number of piperidine rings is 1. The molecule has 2 saturated heterocycles. The fraction of sp³-hybridized carbons (Fsp3) is 1.00. The quantitative estimate of drug-likeness (QED) is 0.796. The lowest BCUT2D eigenvalue weighted by Crippen LogP contribution is -2.66. The van der Waals surface area contributed by atoms with Crippen molar-refractivity contribution < 1.29 is 0 Å². The fourth-order valence-electron chi connectivity index (χ4n) is 3.86. The first-order valence-electron chi connectivity index (χ1n) is 8.45. The Kier molecular flexibility index (Phi) is 4.83. The van der Waals surface area contributed by atoms with Crippen LogP contribution in [0.4, 0.5) is 0 Å². The van der Waals surface area contributed by atoms with Gasteiger partial charge in [-0.25, -0.2) is 10.0 Å². The smallest absolute Gasteiger partial charge is 0.0419 e. The van der Waals surface area contributed by atoms with Crippen molar-refractivity contribution in [3.63, 3.8) is 0 Å². The second-order valence-electron chi connectivity index (χ2n) is 8.79. The van der Waals surface area contributed by atoms with Crippen molar-refractivity contribution in [2.75, 3.05) is 26.2 Å². The van der Waals surface area contributed by atoms with Crippen LogP contribution < -0.4 is 5.32 Å². The first-order valence-corrected chi connectivity index (χ1v) is 8.45. The number of hydrogen-bond acceptors (Lipinski definition) is 3. The van der Waals surface area contributed by atoms with E-state index >= 15 is 0 Å². The van der Waals surface area contributed by atoms with Crippen LogP contribution in [0.25, 0.3) is 0 Å². The van der Waals surface area contributed by atoms with Gasteiger partial charge in [-0.2, -0.15) is 0 Å². The summed E-state index contributed by atoms with van der Waals surface area (Å²) in [6, 6.07) is 1.30. The molecule has 2 aliphatic heterocycles. The van der Waals surface area contributed by atoms with Crippen molar-refractivity contribution in [3.05, 3.63) is 0 Å². The lowest BCUT2D eigenvalue weighted by atomic mass is 9.80. The highest BCUT2D eigenvalue weighted by Crippen LogP contribution is 2.36. The molecule has 0 radical (unpaired) electrons. The Labute approximate surface area is 126 Å². The normalized spacial score (nSPS) is 31.5. The van der Waals surface area contributed by atoms with Crippen molar-refractivity contribution in [3.8, 4) is 0 Å². The SMILES string of the molecule is CC(C)(C)C1CCCCN1N1CCNCC1C(C)(C)C. The molecule has 20 heavy (non-hydrogen) atoms. The molecule has 3 heteroatoms. The number of nitrogens with zero attached hydrogens (tertiary/aromatic N) is 2. The average Bonchev–Trinajstić information content (AvgIpc) is 2.37. The molecular weight excluding hydrogens is 246 g/mol. The molecule has 2 unspecified atom stereocenters. The van der Waals surface area contributed by atoms with Gasteiger partial charge in [-0.3, -0.25) is 0 Å². The zero-order valence-electron chi connectivity index (χ0n) is 14.5. The number of piperazine rings is 1. The molecule has 0 spiro atoms. The molecule has 0 aromatic carbocycles. The van der Waals surface area contributed by atoms with E-state index in [0.29, 0.717) is 22.9 Å². The van der Waals surface area contributed by atoms with E-state index in [4.69, 9.17) is 0 Å². The van der Waals surface area contributed by atoms with Gasteiger partial charge in [0.05, 0.1) is 0 Å². The van der Waals surface area contributed by atoms with Crippen LogP contribution in [0.2, 0.25) is 0 Å². The standard InChI is InChI=1S/C17H35N3/c1-16(2,3)14-9-7-8-11-19(14)20-12-10-18-13-15(20)17(4,5)6/h14-15,18H,7-13H2,1-6H3. The molecule has 0 aromatic rings. The van der Waals surface area contributed by atoms with Crippen LogP contribution >= 0.6 is 0 Å². The molecule has 2 rings (SSSR count). The van der Waals surface area contributed by atoms with Gasteiger partial charge < -0.3 is 5.32 Å². The molecule has 2 heterocycles. The summed E-state index contributed by atoms with van der Waals surface area (Å²) in [6.45, 7) is 19.0. The number of nitrogens with one attached hydrogen (secondary N) is 1. The Hall–Kier alpha value is -0.120. The summed E-state index contributed by atoms with van der Waals surface area (Å²) < 4.78 is 0. The first kappa shape index (κ1) is 16.3. The summed E-state index contributed by atoms with van der Waals surface area (Å²) in [7, 11) is 0. The minimum atomic E-state index is 0.327. The van der Waals surface area contributed by atoms with Gasteiger partial charge in [-0.05, 0) is 23.7 Å². The zero-order chi connectivity index (χ0) is 15.0. The second kappa shape index (κ2) is 5.94. The van der Waals surface area contributed by atoms with E-state index in [1.54, 1.807) is 0 Å². The van der Waals surface area contributed by atoms with E-state index in [2.05, 4.69) is 56.9 Å². The summed E-state index contributed by atoms with van der Waals surface area (Å²) in [5.74, 6) is 0. The molecule has 0 aliphatic carbocycles. The van der Waals surface area contributed by atoms with E-state index < -0.39 is 0 Å². The number of rotatable bonds is 1. The molecule has 0 bridgehead atoms. The van der Waals surface area contributed by atoms with Crippen molar-refractivity contribution in [1.82, 2.24) is 15.3 Å². The third-order valence-electron chi connectivity index (χ3n) is 5.02. The van der Waals surface area contributed by atoms with Crippen molar-refractivity contribution in [1.29, 1.82) is 0 Å². The maximum absolute atomic E-state index is 3.60. The predicted octanol–water partition coefficient (Wildman–Crippen LogP) is 3.12. The van der Waals surface area contributed by atoms with Crippen LogP contribution in [0.5, 0.6) is 0 Å². The maximum atomic E-state index is 3.60. The van der Waals surface area contributed by atoms with Crippen LogP contribution in [0.3, 0.4) is 0 Å². The summed E-state index contributed by atoms with van der Waals surface area (Å²) in [5.41, 5.74) is 0.695. The van der Waals surface area contributed by atoms with Crippen LogP contribution in [0.1, 0.15) is 60.8 Å². The van der Waals surface area contributed by atoms with Gasteiger partial charge in [-0.1, -0.05) is 48.0 Å². The molecule has 0 saturated carbocycles. The average molecular weight is 281 g/mol. The maximum Gasteiger partial charge on any atom is 0.0419 e. The highest BCUT2D eigenvalue weighted by Gasteiger charge is 2.41. The lowest BCUT2D eigenvalue weighted by Gasteiger charge is -2.55. The molecule has 1 N–H and O–H groups in total. The van der Waals surface area contributed by atoms with E-state index in [9.17, 15) is 0 Å². The molecular formula is C17H35N3. The fourth-order valence-corrected chi connectivity index (χ4v) is 3.86. The van der Waals surface area contributed by atoms with Crippen LogP contribution in [-0.4, -0.2) is 48.3 Å². The second-order valence-corrected chi connectivity index (χ2v) is 8.79. The molecule has 0 aromatic heterocycles. The monoisotopic (exact) mass is 281 g/mol. The Morgan fingerprint density at radius 3 is 2.00 bits per heavy atom. The van der Waals surface area contributed by atoms with E-state index in [1.807, 2.05) is 0 Å². The van der Waals surface area contributed by atoms with Crippen molar-refractivity contribution in [2.45, 2.75) is 72.9 Å². The van der Waals surface area contributed by atoms with Gasteiger partial charge in [0.25, 0.3) is 0 Å². The Balaban J connectivity index is 2.21. The predicted molar refractivity (Wildman–Crippen MR) is 86.6 cm³/mol. The summed E-state index contributed by atoms with van der Waals surface area (Å²) in [5, 5.41) is 9.05. The Morgan fingerprint density at radius 2 is 1.40 bits per heavy atom. The first-order chi connectivity index (χ1) is 9.21. The third-order valence-corrected chi connectivity index (χ3v) is 5.02. The topological polar surface area (TPSA) is 18.5 Å². The van der Waals surface area contributed by atoms with Gasteiger partial charge in [0, 0.05) is 38.3 Å². The van der Waals surface area contributed by atoms with Gasteiger partial charge in [0.15, 0.2) is 0 Å². The van der Waals surface area contributed by atoms with Gasteiger partial charge in [0.1, 0.15) is 0 Å². The summed E-state index contributed by atoms with van der Waals surface area (Å²) >= 11 is 0. The molecule has 2 aliphatic rings. The molecule has 118 valence electrons. The minimum absolute atomic E-state index is 0.327. The zero-order valence-corrected chi connectivity index (χ0v) is 14.5. The van der Waals surface area contributed by atoms with E-state index in [0.717, 1.165) is 19.6 Å². The van der Waals surface area contributed by atoms with Crippen LogP contribution in [0.15, 0.2) is 0 Å². The largest absolute Gasteiger partial charge is 0.314 e. The van der Waals surface area contributed by atoms with E-state index in [-0.39, 0.29) is 0 Å². The van der Waals surface area contributed by atoms with Gasteiger partial charge in [-0.15, -0.1) is 0 Å². The number of hydrazine groups is 1. The van der Waals surface area contributed by atoms with E-state index in [1.165, 1.54) is 25.8 Å². The molecule has 2 atom stereocenters. The summed E-state index contributed by atoms with van der Waals surface area (Å²) in [6.07, 6.45) is 4.10. The lowest BCUT2D eigenvalue weighted by molar-refractivity contribution is -0.159. The minimum Gasteiger partial charge on any atom is -0.314 e. The van der Waals surface area contributed by atoms with Crippen molar-refractivity contribution >= 4 is 0 Å². The third kappa shape index (κ3) is 3.55. The molecule has 3 nitrogen and oxygen atoms in total. The van der Waals surface area contributed by atoms with Crippen LogP contribution in [0, 0.1) is 10.8 Å². The van der Waals surface area contributed by atoms with Crippen molar-refractivity contribution in [2.24, 2.45) is 10.8 Å². The van der Waals surface area contributed by atoms with Crippen LogP contribution in [-0.2, 0) is 0 Å². The summed E-state index contributed by atoms with van der Waals surface area (Å²) in [4.78, 5) is 0. The Bertz CT molecular complexity index is 281.